The van der Waals surface area contributed by atoms with E-state index in [9.17, 15) is 0 Å². The third kappa shape index (κ3) is 2.02. The molecule has 0 aliphatic heterocycles. The van der Waals surface area contributed by atoms with Crippen molar-refractivity contribution in [2.24, 2.45) is 11.8 Å². The monoisotopic (exact) mass is 136 g/mol. The van der Waals surface area contributed by atoms with Crippen LogP contribution in [0.2, 0.25) is 0 Å². The summed E-state index contributed by atoms with van der Waals surface area (Å²) in [5.41, 5.74) is 1.41. The van der Waals surface area contributed by atoms with Crippen LogP contribution in [-0.2, 0) is 0 Å². The molecule has 0 aromatic carbocycles. The maximum Gasteiger partial charge on any atom is -0.0251 e. The van der Waals surface area contributed by atoms with Crippen molar-refractivity contribution in [2.45, 2.75) is 27.2 Å². The second-order valence-electron chi connectivity index (χ2n) is 3.46. The highest BCUT2D eigenvalue weighted by Crippen LogP contribution is 2.20. The predicted molar refractivity (Wildman–Crippen MR) is 45.8 cm³/mol. The smallest absolute Gasteiger partial charge is 0.0251 e. The molecule has 1 aliphatic rings. The molecule has 0 amide bonds. The molecule has 0 aromatic heterocycles. The molecular formula is C10H16. The first kappa shape index (κ1) is 7.59. The van der Waals surface area contributed by atoms with Gasteiger partial charge >= 0.3 is 0 Å². The van der Waals surface area contributed by atoms with E-state index in [1.807, 2.05) is 0 Å². The summed E-state index contributed by atoms with van der Waals surface area (Å²) in [5.74, 6) is 1.51. The topological polar surface area (TPSA) is 0 Å². The third-order valence-corrected chi connectivity index (χ3v) is 1.98. The molecule has 0 nitrogen and oxygen atoms in total. The number of hydrogen-bond acceptors (Lipinski definition) is 0. The summed E-state index contributed by atoms with van der Waals surface area (Å²) in [6.07, 6.45) is 8.18. The summed E-state index contributed by atoms with van der Waals surface area (Å²) in [6, 6.07) is 0. The van der Waals surface area contributed by atoms with E-state index in [1.54, 1.807) is 0 Å². The lowest BCUT2D eigenvalue weighted by molar-refractivity contribution is 0.548. The van der Waals surface area contributed by atoms with Gasteiger partial charge < -0.3 is 0 Å². The summed E-state index contributed by atoms with van der Waals surface area (Å²) in [6.45, 7) is 6.73. The van der Waals surface area contributed by atoms with Gasteiger partial charge in [-0.2, -0.15) is 0 Å². The van der Waals surface area contributed by atoms with E-state index in [-0.39, 0.29) is 0 Å². The molecule has 0 fully saturated rings. The lowest BCUT2D eigenvalue weighted by Crippen LogP contribution is -1.95. The maximum absolute atomic E-state index is 2.35. The summed E-state index contributed by atoms with van der Waals surface area (Å²) in [7, 11) is 0. The molecule has 0 heteroatoms. The molecule has 56 valence electrons. The van der Waals surface area contributed by atoms with Crippen LogP contribution in [0.1, 0.15) is 27.2 Å². The van der Waals surface area contributed by atoms with Crippen LogP contribution in [-0.4, -0.2) is 0 Å². The van der Waals surface area contributed by atoms with Gasteiger partial charge in [-0.3, -0.25) is 0 Å². The minimum Gasteiger partial charge on any atom is -0.0814 e. The summed E-state index contributed by atoms with van der Waals surface area (Å²) >= 11 is 0. The van der Waals surface area contributed by atoms with Crippen LogP contribution in [0.3, 0.4) is 0 Å². The highest BCUT2D eigenvalue weighted by molar-refractivity contribution is 5.19. The quantitative estimate of drug-likeness (QED) is 0.480. The van der Waals surface area contributed by atoms with Gasteiger partial charge in [-0.05, 0) is 25.2 Å². The lowest BCUT2D eigenvalue weighted by atomic mass is 9.99. The number of hydrogen-bond donors (Lipinski definition) is 0. The molecule has 0 saturated heterocycles. The Morgan fingerprint density at radius 2 is 2.00 bits per heavy atom. The average molecular weight is 136 g/mol. The van der Waals surface area contributed by atoms with E-state index in [2.05, 4.69) is 39.0 Å². The molecule has 0 saturated carbocycles. The standard InChI is InChI=1S/C10H16/c1-8-4-5-9(2)7-10(3)6-8/h4-6,9-10H,7H2,1-3H3. The van der Waals surface area contributed by atoms with Gasteiger partial charge in [0.2, 0.25) is 0 Å². The van der Waals surface area contributed by atoms with Crippen molar-refractivity contribution in [3.8, 4) is 0 Å². The summed E-state index contributed by atoms with van der Waals surface area (Å²) in [5, 5.41) is 0. The second kappa shape index (κ2) is 3.05. The van der Waals surface area contributed by atoms with E-state index >= 15 is 0 Å². The van der Waals surface area contributed by atoms with E-state index < -0.39 is 0 Å². The Labute approximate surface area is 63.6 Å². The van der Waals surface area contributed by atoms with Crippen LogP contribution in [0.25, 0.3) is 0 Å². The van der Waals surface area contributed by atoms with Crippen LogP contribution in [0.4, 0.5) is 0 Å². The molecule has 0 aromatic rings. The van der Waals surface area contributed by atoms with Gasteiger partial charge in [0.1, 0.15) is 0 Å². The fourth-order valence-electron chi connectivity index (χ4n) is 1.55. The van der Waals surface area contributed by atoms with Gasteiger partial charge in [0.05, 0.1) is 0 Å². The average Bonchev–Trinajstić information content (AvgIpc) is 1.93. The van der Waals surface area contributed by atoms with E-state index in [4.69, 9.17) is 0 Å². The molecule has 2 unspecified atom stereocenters. The van der Waals surface area contributed by atoms with Crippen molar-refractivity contribution in [2.75, 3.05) is 0 Å². The molecule has 0 spiro atoms. The minimum atomic E-state index is 0.753. The van der Waals surface area contributed by atoms with Crippen LogP contribution in [0, 0.1) is 11.8 Å². The van der Waals surface area contributed by atoms with Gasteiger partial charge in [0.25, 0.3) is 0 Å². The van der Waals surface area contributed by atoms with Gasteiger partial charge in [-0.1, -0.05) is 37.6 Å². The molecule has 1 rings (SSSR count). The van der Waals surface area contributed by atoms with Gasteiger partial charge in [-0.25, -0.2) is 0 Å². The maximum atomic E-state index is 2.35. The Morgan fingerprint density at radius 1 is 1.30 bits per heavy atom. The van der Waals surface area contributed by atoms with Gasteiger partial charge in [0, 0.05) is 0 Å². The summed E-state index contributed by atoms with van der Waals surface area (Å²) in [4.78, 5) is 0. The predicted octanol–water partition coefficient (Wildman–Crippen LogP) is 3.16. The lowest BCUT2D eigenvalue weighted by Gasteiger charge is -2.07. The van der Waals surface area contributed by atoms with Gasteiger partial charge in [0.15, 0.2) is 0 Å². The van der Waals surface area contributed by atoms with Crippen LogP contribution in [0.5, 0.6) is 0 Å². The fraction of sp³-hybridized carbons (Fsp3) is 0.600. The normalized spacial score (nSPS) is 33.3. The van der Waals surface area contributed by atoms with Crippen LogP contribution < -0.4 is 0 Å². The van der Waals surface area contributed by atoms with Crippen molar-refractivity contribution in [1.82, 2.24) is 0 Å². The molecule has 1 aliphatic carbocycles. The zero-order valence-corrected chi connectivity index (χ0v) is 7.09. The highest BCUT2D eigenvalue weighted by atomic mass is 14.1. The van der Waals surface area contributed by atoms with Gasteiger partial charge in [-0.15, -0.1) is 0 Å². The van der Waals surface area contributed by atoms with Crippen molar-refractivity contribution in [1.29, 1.82) is 0 Å². The molecule has 0 bridgehead atoms. The first-order valence-electron chi connectivity index (χ1n) is 4.05. The minimum absolute atomic E-state index is 0.753. The fourth-order valence-corrected chi connectivity index (χ4v) is 1.55. The zero-order valence-electron chi connectivity index (χ0n) is 7.09. The third-order valence-electron chi connectivity index (χ3n) is 1.98. The Kier molecular flexibility index (Phi) is 2.31. The van der Waals surface area contributed by atoms with E-state index in [0.717, 1.165) is 11.8 Å². The Hall–Kier alpha value is -0.520. The Balaban J connectivity index is 2.68. The van der Waals surface area contributed by atoms with E-state index in [0.29, 0.717) is 0 Å². The van der Waals surface area contributed by atoms with Crippen molar-refractivity contribution in [3.63, 3.8) is 0 Å². The number of allylic oxidation sites excluding steroid dienone is 4. The second-order valence-corrected chi connectivity index (χ2v) is 3.46. The van der Waals surface area contributed by atoms with E-state index in [1.165, 1.54) is 12.0 Å². The molecule has 2 atom stereocenters. The first-order chi connectivity index (χ1) is 4.68. The van der Waals surface area contributed by atoms with Crippen molar-refractivity contribution < 1.29 is 0 Å². The molecule has 0 N–H and O–H groups in total. The van der Waals surface area contributed by atoms with Crippen LogP contribution in [0.15, 0.2) is 23.8 Å². The first-order valence-corrected chi connectivity index (χ1v) is 4.05. The summed E-state index contributed by atoms with van der Waals surface area (Å²) < 4.78 is 0. The Bertz CT molecular complexity index is 163. The van der Waals surface area contributed by atoms with Crippen molar-refractivity contribution >= 4 is 0 Å². The SMILES string of the molecule is CC1=CC(C)CC(C)C=C1. The molecular weight excluding hydrogens is 120 g/mol. The molecule has 0 radical (unpaired) electrons. The van der Waals surface area contributed by atoms with Crippen LogP contribution >= 0.6 is 0 Å². The zero-order chi connectivity index (χ0) is 7.56. The largest absolute Gasteiger partial charge is 0.0814 e. The number of rotatable bonds is 0. The Morgan fingerprint density at radius 3 is 2.70 bits per heavy atom. The highest BCUT2D eigenvalue weighted by Gasteiger charge is 2.06. The molecule has 10 heavy (non-hydrogen) atoms. The molecule has 0 heterocycles. The van der Waals surface area contributed by atoms with Crippen molar-refractivity contribution in [3.05, 3.63) is 23.8 Å².